The first-order valence-electron chi connectivity index (χ1n) is 7.24. The van der Waals surface area contributed by atoms with Crippen molar-refractivity contribution in [1.29, 1.82) is 0 Å². The van der Waals surface area contributed by atoms with Gasteiger partial charge in [-0.25, -0.2) is 0 Å². The summed E-state index contributed by atoms with van der Waals surface area (Å²) in [4.78, 5) is 2.52. The molecular weight excluding hydrogens is 238 g/mol. The van der Waals surface area contributed by atoms with E-state index in [2.05, 4.69) is 36.9 Å². The summed E-state index contributed by atoms with van der Waals surface area (Å²) in [6.45, 7) is 9.11. The number of likely N-dealkylation sites (tertiary alicyclic amines) is 1. The van der Waals surface area contributed by atoms with E-state index in [1.807, 2.05) is 0 Å². The van der Waals surface area contributed by atoms with E-state index in [0.717, 1.165) is 45.7 Å². The zero-order valence-corrected chi connectivity index (χ0v) is 11.9. The van der Waals surface area contributed by atoms with Crippen molar-refractivity contribution in [1.82, 2.24) is 4.90 Å². The van der Waals surface area contributed by atoms with Gasteiger partial charge in [-0.15, -0.1) is 0 Å². The number of hydrogen-bond acceptors (Lipinski definition) is 3. The Hall–Kier alpha value is -0.900. The van der Waals surface area contributed by atoms with E-state index >= 15 is 0 Å². The third-order valence-corrected chi connectivity index (χ3v) is 4.46. The van der Waals surface area contributed by atoms with Crippen molar-refractivity contribution in [2.75, 3.05) is 26.3 Å². The van der Waals surface area contributed by atoms with Crippen LogP contribution >= 0.6 is 0 Å². The predicted molar refractivity (Wildman–Crippen MR) is 75.1 cm³/mol. The van der Waals surface area contributed by atoms with Gasteiger partial charge >= 0.3 is 0 Å². The van der Waals surface area contributed by atoms with Crippen molar-refractivity contribution in [3.8, 4) is 0 Å². The molecule has 0 aliphatic carbocycles. The van der Waals surface area contributed by atoms with Crippen LogP contribution in [0.4, 0.5) is 0 Å². The van der Waals surface area contributed by atoms with Crippen LogP contribution in [0.3, 0.4) is 0 Å². The smallest absolute Gasteiger partial charge is 0.170 e. The highest BCUT2D eigenvalue weighted by molar-refractivity contribution is 5.33. The molecule has 19 heavy (non-hydrogen) atoms. The number of hydrogen-bond donors (Lipinski definition) is 0. The lowest BCUT2D eigenvalue weighted by atomic mass is 9.99. The molecule has 104 valence electrons. The average molecular weight is 261 g/mol. The topological polar surface area (TPSA) is 21.7 Å². The Labute approximate surface area is 115 Å². The van der Waals surface area contributed by atoms with E-state index in [-0.39, 0.29) is 5.79 Å². The summed E-state index contributed by atoms with van der Waals surface area (Å²) in [5.41, 5.74) is 4.27. The monoisotopic (exact) mass is 261 g/mol. The Morgan fingerprint density at radius 1 is 1.05 bits per heavy atom. The Kier molecular flexibility index (Phi) is 3.61. The molecule has 0 saturated carbocycles. The molecule has 0 bridgehead atoms. The second kappa shape index (κ2) is 5.23. The number of rotatable bonds is 2. The quantitative estimate of drug-likeness (QED) is 0.817. The first-order valence-corrected chi connectivity index (χ1v) is 7.24. The van der Waals surface area contributed by atoms with E-state index in [1.165, 1.54) is 16.7 Å². The molecule has 1 spiro atoms. The largest absolute Gasteiger partial charge is 0.347 e. The summed E-state index contributed by atoms with van der Waals surface area (Å²) < 4.78 is 11.6. The fourth-order valence-corrected chi connectivity index (χ4v) is 3.16. The summed E-state index contributed by atoms with van der Waals surface area (Å²) in [7, 11) is 0. The van der Waals surface area contributed by atoms with Gasteiger partial charge in [-0.05, 0) is 30.5 Å². The normalized spacial score (nSPS) is 23.1. The number of benzene rings is 1. The molecule has 2 aliphatic rings. The van der Waals surface area contributed by atoms with Gasteiger partial charge in [0.2, 0.25) is 0 Å². The molecular formula is C16H23NO2. The summed E-state index contributed by atoms with van der Waals surface area (Å²) in [6.07, 6.45) is 2.00. The standard InChI is InChI=1S/C16H23NO2/c1-13-4-3-5-14(2)15(13)12-17-8-6-16(7-9-17)18-10-11-19-16/h3-5H,6-12H2,1-2H3. The fraction of sp³-hybridized carbons (Fsp3) is 0.625. The Morgan fingerprint density at radius 3 is 2.21 bits per heavy atom. The van der Waals surface area contributed by atoms with Crippen molar-refractivity contribution in [2.24, 2.45) is 0 Å². The van der Waals surface area contributed by atoms with Crippen LogP contribution in [-0.4, -0.2) is 37.0 Å². The molecule has 0 N–H and O–H groups in total. The number of piperidine rings is 1. The highest BCUT2D eigenvalue weighted by Crippen LogP contribution is 2.32. The summed E-state index contributed by atoms with van der Waals surface area (Å²) in [5.74, 6) is -0.253. The van der Waals surface area contributed by atoms with Crippen molar-refractivity contribution in [3.63, 3.8) is 0 Å². The summed E-state index contributed by atoms with van der Waals surface area (Å²) >= 11 is 0. The van der Waals surface area contributed by atoms with Crippen LogP contribution in [-0.2, 0) is 16.0 Å². The van der Waals surface area contributed by atoms with Crippen LogP contribution in [0.15, 0.2) is 18.2 Å². The van der Waals surface area contributed by atoms with Gasteiger partial charge in [0, 0.05) is 32.5 Å². The molecule has 0 atom stereocenters. The maximum atomic E-state index is 5.78. The Bertz CT molecular complexity index is 422. The van der Waals surface area contributed by atoms with Crippen molar-refractivity contribution >= 4 is 0 Å². The van der Waals surface area contributed by atoms with Crippen LogP contribution in [0.2, 0.25) is 0 Å². The van der Waals surface area contributed by atoms with Gasteiger partial charge in [0.05, 0.1) is 13.2 Å². The first-order chi connectivity index (χ1) is 9.19. The SMILES string of the molecule is Cc1cccc(C)c1CN1CCC2(CC1)OCCO2. The van der Waals surface area contributed by atoms with Crippen molar-refractivity contribution < 1.29 is 9.47 Å². The number of nitrogens with zero attached hydrogens (tertiary/aromatic N) is 1. The van der Waals surface area contributed by atoms with Crippen molar-refractivity contribution in [3.05, 3.63) is 34.9 Å². The lowest BCUT2D eigenvalue weighted by molar-refractivity contribution is -0.185. The summed E-state index contributed by atoms with van der Waals surface area (Å²) in [6, 6.07) is 6.55. The molecule has 2 saturated heterocycles. The summed E-state index contributed by atoms with van der Waals surface area (Å²) in [5, 5.41) is 0. The van der Waals surface area contributed by atoms with E-state index in [0.29, 0.717) is 0 Å². The van der Waals surface area contributed by atoms with Gasteiger partial charge < -0.3 is 9.47 Å². The molecule has 3 heteroatoms. The minimum atomic E-state index is -0.253. The fourth-order valence-electron chi connectivity index (χ4n) is 3.16. The molecule has 2 aliphatic heterocycles. The molecule has 2 fully saturated rings. The van der Waals surface area contributed by atoms with Crippen LogP contribution in [0.25, 0.3) is 0 Å². The van der Waals surface area contributed by atoms with Crippen molar-refractivity contribution in [2.45, 2.75) is 39.0 Å². The highest BCUT2D eigenvalue weighted by atomic mass is 16.7. The van der Waals surface area contributed by atoms with Crippen LogP contribution in [0.5, 0.6) is 0 Å². The molecule has 0 amide bonds. The second-order valence-corrected chi connectivity index (χ2v) is 5.75. The maximum Gasteiger partial charge on any atom is 0.170 e. The number of aryl methyl sites for hydroxylation is 2. The van der Waals surface area contributed by atoms with E-state index in [4.69, 9.17) is 9.47 Å². The molecule has 0 unspecified atom stereocenters. The van der Waals surface area contributed by atoms with E-state index < -0.39 is 0 Å². The van der Waals surface area contributed by atoms with E-state index in [1.54, 1.807) is 0 Å². The first kappa shape index (κ1) is 13.1. The highest BCUT2D eigenvalue weighted by Gasteiger charge is 2.39. The maximum absolute atomic E-state index is 5.78. The lowest BCUT2D eigenvalue weighted by Crippen LogP contribution is -2.44. The minimum absolute atomic E-state index is 0.253. The zero-order valence-electron chi connectivity index (χ0n) is 11.9. The Balaban J connectivity index is 1.63. The van der Waals surface area contributed by atoms with Gasteiger partial charge in [0.15, 0.2) is 5.79 Å². The van der Waals surface area contributed by atoms with Gasteiger partial charge in [-0.1, -0.05) is 18.2 Å². The zero-order chi connectivity index (χ0) is 13.3. The molecule has 2 heterocycles. The molecule has 3 rings (SSSR count). The van der Waals surface area contributed by atoms with Gasteiger partial charge in [-0.3, -0.25) is 4.90 Å². The van der Waals surface area contributed by atoms with Gasteiger partial charge in [0.1, 0.15) is 0 Å². The average Bonchev–Trinajstić information content (AvgIpc) is 2.85. The number of ether oxygens (including phenoxy) is 2. The van der Waals surface area contributed by atoms with Crippen LogP contribution in [0, 0.1) is 13.8 Å². The predicted octanol–water partition coefficient (Wildman–Crippen LogP) is 2.64. The molecule has 0 aromatic heterocycles. The molecule has 1 aromatic carbocycles. The van der Waals surface area contributed by atoms with Gasteiger partial charge in [0.25, 0.3) is 0 Å². The Morgan fingerprint density at radius 2 is 1.63 bits per heavy atom. The third-order valence-electron chi connectivity index (χ3n) is 4.46. The molecule has 0 radical (unpaired) electrons. The van der Waals surface area contributed by atoms with Gasteiger partial charge in [-0.2, -0.15) is 0 Å². The molecule has 1 aromatic rings. The van der Waals surface area contributed by atoms with E-state index in [9.17, 15) is 0 Å². The van der Waals surface area contributed by atoms with Crippen LogP contribution in [0.1, 0.15) is 29.5 Å². The van der Waals surface area contributed by atoms with Crippen LogP contribution < -0.4 is 0 Å². The second-order valence-electron chi connectivity index (χ2n) is 5.75. The molecule has 3 nitrogen and oxygen atoms in total. The third kappa shape index (κ3) is 2.69. The minimum Gasteiger partial charge on any atom is -0.347 e. The lowest BCUT2D eigenvalue weighted by Gasteiger charge is -2.37.